The third-order valence-electron chi connectivity index (χ3n) is 3.54. The molecule has 2 aliphatic heterocycles. The van der Waals surface area contributed by atoms with Crippen LogP contribution in [0.3, 0.4) is 0 Å². The van der Waals surface area contributed by atoms with Crippen molar-refractivity contribution in [2.45, 2.75) is 6.42 Å². The Bertz CT molecular complexity index is 388. The highest BCUT2D eigenvalue weighted by Crippen LogP contribution is 2.30. The van der Waals surface area contributed by atoms with Gasteiger partial charge in [-0.25, -0.2) is 0 Å². The van der Waals surface area contributed by atoms with E-state index in [2.05, 4.69) is 35.5 Å². The van der Waals surface area contributed by atoms with Gasteiger partial charge in [-0.1, -0.05) is 6.07 Å². The van der Waals surface area contributed by atoms with E-state index < -0.39 is 0 Å². The summed E-state index contributed by atoms with van der Waals surface area (Å²) in [6, 6.07) is 6.48. The fourth-order valence-corrected chi connectivity index (χ4v) is 2.29. The van der Waals surface area contributed by atoms with Crippen molar-refractivity contribution in [1.82, 2.24) is 5.32 Å². The lowest BCUT2D eigenvalue weighted by atomic mass is 10.1. The molecule has 0 amide bonds. The minimum Gasteiger partial charge on any atom is -0.493 e. The number of benzene rings is 1. The Balaban J connectivity index is 1.68. The van der Waals surface area contributed by atoms with E-state index in [4.69, 9.17) is 4.74 Å². The summed E-state index contributed by atoms with van der Waals surface area (Å²) in [4.78, 5) is 2.30. The van der Waals surface area contributed by atoms with E-state index in [1.807, 2.05) is 0 Å². The van der Waals surface area contributed by atoms with E-state index in [0.29, 0.717) is 5.92 Å². The molecular weight excluding hydrogens is 200 g/mol. The molecule has 0 saturated carbocycles. The van der Waals surface area contributed by atoms with Crippen LogP contribution in [0.1, 0.15) is 5.56 Å². The first-order valence-electron chi connectivity index (χ1n) is 6.00. The van der Waals surface area contributed by atoms with Crippen LogP contribution in [0.15, 0.2) is 18.2 Å². The van der Waals surface area contributed by atoms with Crippen molar-refractivity contribution < 1.29 is 4.74 Å². The molecule has 3 rings (SSSR count). The fourth-order valence-electron chi connectivity index (χ4n) is 2.29. The van der Waals surface area contributed by atoms with E-state index in [-0.39, 0.29) is 0 Å². The molecule has 3 heteroatoms. The molecule has 1 N–H and O–H groups in total. The molecular formula is C13H18N2O. The van der Waals surface area contributed by atoms with E-state index in [9.17, 15) is 0 Å². The zero-order valence-corrected chi connectivity index (χ0v) is 9.70. The minimum absolute atomic E-state index is 0.700. The normalized spacial score (nSPS) is 19.4. The van der Waals surface area contributed by atoms with Gasteiger partial charge in [0, 0.05) is 44.4 Å². The van der Waals surface area contributed by atoms with E-state index in [1.54, 1.807) is 0 Å². The van der Waals surface area contributed by atoms with Gasteiger partial charge >= 0.3 is 0 Å². The monoisotopic (exact) mass is 218 g/mol. The maximum atomic E-state index is 5.82. The number of nitrogens with one attached hydrogen (secondary N) is 1. The molecule has 0 radical (unpaired) electrons. The summed E-state index contributed by atoms with van der Waals surface area (Å²) in [5, 5.41) is 3.26. The Morgan fingerprint density at radius 2 is 2.31 bits per heavy atom. The van der Waals surface area contributed by atoms with Crippen LogP contribution in [-0.2, 0) is 6.42 Å². The summed E-state index contributed by atoms with van der Waals surface area (Å²) in [6.45, 7) is 4.18. The minimum atomic E-state index is 0.700. The number of rotatable bonds is 3. The molecule has 0 aromatic heterocycles. The smallest absolute Gasteiger partial charge is 0.121 e. The van der Waals surface area contributed by atoms with E-state index in [1.165, 1.54) is 17.7 Å². The first-order valence-corrected chi connectivity index (χ1v) is 6.00. The van der Waals surface area contributed by atoms with Gasteiger partial charge in [0.1, 0.15) is 5.75 Å². The summed E-state index contributed by atoms with van der Waals surface area (Å²) in [6.07, 6.45) is 1.17. The Hall–Kier alpha value is -1.22. The summed E-state index contributed by atoms with van der Waals surface area (Å²) in [7, 11) is 2.14. The van der Waals surface area contributed by atoms with Gasteiger partial charge in [0.25, 0.3) is 0 Å². The molecule has 2 aliphatic rings. The van der Waals surface area contributed by atoms with Gasteiger partial charge in [-0.15, -0.1) is 0 Å². The van der Waals surface area contributed by atoms with E-state index >= 15 is 0 Å². The molecule has 0 spiro atoms. The number of likely N-dealkylation sites (N-methyl/N-ethyl adjacent to an activating group) is 1. The van der Waals surface area contributed by atoms with Crippen molar-refractivity contribution in [3.63, 3.8) is 0 Å². The zero-order valence-electron chi connectivity index (χ0n) is 9.70. The topological polar surface area (TPSA) is 24.5 Å². The molecule has 0 bridgehead atoms. The van der Waals surface area contributed by atoms with Gasteiger partial charge < -0.3 is 15.0 Å². The fraction of sp³-hybridized carbons (Fsp3) is 0.538. The van der Waals surface area contributed by atoms with Gasteiger partial charge in [-0.05, 0) is 18.1 Å². The third kappa shape index (κ3) is 1.76. The highest BCUT2D eigenvalue weighted by molar-refractivity contribution is 5.60. The van der Waals surface area contributed by atoms with Gasteiger partial charge in [-0.3, -0.25) is 0 Å². The summed E-state index contributed by atoms with van der Waals surface area (Å²) < 4.78 is 5.82. The first kappa shape index (κ1) is 9.97. The van der Waals surface area contributed by atoms with Gasteiger partial charge in [0.05, 0.1) is 6.61 Å². The molecule has 86 valence electrons. The predicted octanol–water partition coefficient (Wildman–Crippen LogP) is 1.28. The zero-order chi connectivity index (χ0) is 11.0. The molecule has 3 nitrogen and oxygen atoms in total. The quantitative estimate of drug-likeness (QED) is 0.827. The molecule has 0 unspecified atom stereocenters. The molecule has 2 heterocycles. The molecule has 1 saturated heterocycles. The maximum Gasteiger partial charge on any atom is 0.121 e. The van der Waals surface area contributed by atoms with Crippen molar-refractivity contribution in [3.05, 3.63) is 23.8 Å². The molecule has 1 fully saturated rings. The van der Waals surface area contributed by atoms with Crippen molar-refractivity contribution >= 4 is 5.69 Å². The summed E-state index contributed by atoms with van der Waals surface area (Å²) in [5.41, 5.74) is 2.78. The highest BCUT2D eigenvalue weighted by Gasteiger charge is 2.19. The Morgan fingerprint density at radius 1 is 1.44 bits per heavy atom. The number of ether oxygens (including phenoxy) is 1. The molecule has 1 aromatic carbocycles. The Morgan fingerprint density at radius 3 is 3.06 bits per heavy atom. The standard InChI is InChI=1S/C13H18N2O/c1-15-5-4-11-2-3-12(6-13(11)15)16-9-10-7-14-8-10/h2-3,6,10,14H,4-5,7-9H2,1H3. The molecule has 1 aromatic rings. The molecule has 16 heavy (non-hydrogen) atoms. The lowest BCUT2D eigenvalue weighted by molar-refractivity contribution is 0.199. The largest absolute Gasteiger partial charge is 0.493 e. The average Bonchev–Trinajstić information content (AvgIpc) is 2.58. The van der Waals surface area contributed by atoms with Crippen LogP contribution in [0.4, 0.5) is 5.69 Å². The lowest BCUT2D eigenvalue weighted by Gasteiger charge is -2.27. The average molecular weight is 218 g/mol. The van der Waals surface area contributed by atoms with Crippen LogP contribution in [0, 0.1) is 5.92 Å². The predicted molar refractivity (Wildman–Crippen MR) is 65.3 cm³/mol. The van der Waals surface area contributed by atoms with Crippen LogP contribution in [0.25, 0.3) is 0 Å². The summed E-state index contributed by atoms with van der Waals surface area (Å²) in [5.74, 6) is 1.71. The second-order valence-electron chi connectivity index (χ2n) is 4.80. The third-order valence-corrected chi connectivity index (χ3v) is 3.54. The van der Waals surface area contributed by atoms with Crippen molar-refractivity contribution in [1.29, 1.82) is 0 Å². The first-order chi connectivity index (χ1) is 7.83. The highest BCUT2D eigenvalue weighted by atomic mass is 16.5. The van der Waals surface area contributed by atoms with Crippen molar-refractivity contribution in [2.75, 3.05) is 38.2 Å². The lowest BCUT2D eigenvalue weighted by Crippen LogP contribution is -2.45. The van der Waals surface area contributed by atoms with Crippen molar-refractivity contribution in [3.8, 4) is 5.75 Å². The number of hydrogen-bond donors (Lipinski definition) is 1. The molecule has 0 atom stereocenters. The van der Waals surface area contributed by atoms with Crippen LogP contribution >= 0.6 is 0 Å². The number of fused-ring (bicyclic) bond motifs is 1. The van der Waals surface area contributed by atoms with Crippen LogP contribution < -0.4 is 15.0 Å². The Labute approximate surface area is 96.4 Å². The number of anilines is 1. The molecule has 0 aliphatic carbocycles. The maximum absolute atomic E-state index is 5.82. The van der Waals surface area contributed by atoms with Crippen LogP contribution in [0.5, 0.6) is 5.75 Å². The van der Waals surface area contributed by atoms with Crippen LogP contribution in [0.2, 0.25) is 0 Å². The van der Waals surface area contributed by atoms with Crippen LogP contribution in [-0.4, -0.2) is 33.3 Å². The second kappa shape index (κ2) is 3.98. The summed E-state index contributed by atoms with van der Waals surface area (Å²) >= 11 is 0. The van der Waals surface area contributed by atoms with Gasteiger partial charge in [0.15, 0.2) is 0 Å². The number of nitrogens with zero attached hydrogens (tertiary/aromatic N) is 1. The SMILES string of the molecule is CN1CCc2ccc(OCC3CNC3)cc21. The van der Waals surface area contributed by atoms with Gasteiger partial charge in [-0.2, -0.15) is 0 Å². The van der Waals surface area contributed by atoms with E-state index in [0.717, 1.165) is 32.0 Å². The number of hydrogen-bond acceptors (Lipinski definition) is 3. The Kier molecular flexibility index (Phi) is 2.48. The van der Waals surface area contributed by atoms with Crippen molar-refractivity contribution in [2.24, 2.45) is 5.92 Å². The second-order valence-corrected chi connectivity index (χ2v) is 4.80. The van der Waals surface area contributed by atoms with Gasteiger partial charge in [0.2, 0.25) is 0 Å².